The first-order valence-corrected chi connectivity index (χ1v) is 5.37. The van der Waals surface area contributed by atoms with Gasteiger partial charge in [0.2, 0.25) is 0 Å². The summed E-state index contributed by atoms with van der Waals surface area (Å²) >= 11 is 0. The van der Waals surface area contributed by atoms with Gasteiger partial charge in [-0.1, -0.05) is 19.1 Å². The van der Waals surface area contributed by atoms with Crippen molar-refractivity contribution in [2.45, 2.75) is 13.5 Å². The maximum Gasteiger partial charge on any atom is 0.163 e. The first kappa shape index (κ1) is 13.6. The molecule has 3 N–H and O–H groups in total. The molecule has 0 spiro atoms. The van der Waals surface area contributed by atoms with Crippen LogP contribution in [0.15, 0.2) is 18.2 Å². The highest BCUT2D eigenvalue weighted by Crippen LogP contribution is 2.13. The Balaban J connectivity index is 2.65. The number of nitrogens with zero attached hydrogens (tertiary/aromatic N) is 1. The molecule has 0 heterocycles. The van der Waals surface area contributed by atoms with E-state index in [1.54, 1.807) is 13.1 Å². The minimum atomic E-state index is -0.837. The number of halogens is 2. The van der Waals surface area contributed by atoms with Crippen molar-refractivity contribution in [3.8, 4) is 0 Å². The zero-order valence-electron chi connectivity index (χ0n) is 10.0. The lowest BCUT2D eigenvalue weighted by Gasteiger charge is -2.20. The van der Waals surface area contributed by atoms with Gasteiger partial charge in [-0.25, -0.2) is 8.78 Å². The van der Waals surface area contributed by atoms with Crippen LogP contribution < -0.4 is 5.73 Å². The van der Waals surface area contributed by atoms with Gasteiger partial charge in [-0.2, -0.15) is 0 Å². The van der Waals surface area contributed by atoms with Crippen molar-refractivity contribution < 1.29 is 8.78 Å². The maximum absolute atomic E-state index is 13.4. The fraction of sp³-hybridized carbons (Fsp3) is 0.417. The molecule has 0 aliphatic carbocycles. The van der Waals surface area contributed by atoms with Crippen LogP contribution in [-0.4, -0.2) is 24.3 Å². The van der Waals surface area contributed by atoms with Gasteiger partial charge in [-0.15, -0.1) is 0 Å². The second-order valence-corrected chi connectivity index (χ2v) is 4.27. The molecule has 0 saturated heterocycles. The van der Waals surface area contributed by atoms with Crippen LogP contribution in [0.5, 0.6) is 0 Å². The third kappa shape index (κ3) is 3.78. The minimum Gasteiger partial charge on any atom is -0.387 e. The molecule has 94 valence electrons. The van der Waals surface area contributed by atoms with E-state index in [1.165, 1.54) is 6.07 Å². The van der Waals surface area contributed by atoms with Gasteiger partial charge in [0.25, 0.3) is 0 Å². The van der Waals surface area contributed by atoms with E-state index in [0.717, 1.165) is 6.07 Å². The molecule has 1 aromatic rings. The molecule has 1 aromatic carbocycles. The number of nitrogens with two attached hydrogens (primary N) is 1. The largest absolute Gasteiger partial charge is 0.387 e. The third-order valence-corrected chi connectivity index (χ3v) is 2.59. The normalized spacial score (nSPS) is 12.8. The van der Waals surface area contributed by atoms with Gasteiger partial charge in [0.15, 0.2) is 11.6 Å². The Labute approximate surface area is 99.7 Å². The molecule has 1 unspecified atom stereocenters. The quantitative estimate of drug-likeness (QED) is 0.611. The van der Waals surface area contributed by atoms with Gasteiger partial charge in [0.1, 0.15) is 0 Å². The van der Waals surface area contributed by atoms with Crippen molar-refractivity contribution in [1.82, 2.24) is 4.90 Å². The van der Waals surface area contributed by atoms with Crippen molar-refractivity contribution in [1.29, 1.82) is 5.41 Å². The molecule has 3 nitrogen and oxygen atoms in total. The van der Waals surface area contributed by atoms with E-state index < -0.39 is 11.6 Å². The number of benzene rings is 1. The van der Waals surface area contributed by atoms with Crippen LogP contribution in [0.3, 0.4) is 0 Å². The number of amidine groups is 1. The Kier molecular flexibility index (Phi) is 4.57. The number of nitrogens with one attached hydrogen (secondary N) is 1. The molecule has 1 atom stereocenters. The SMILES string of the molecule is CC(CN(C)Cc1cccc(F)c1F)C(=N)N. The average Bonchev–Trinajstić information content (AvgIpc) is 2.24. The summed E-state index contributed by atoms with van der Waals surface area (Å²) < 4.78 is 26.4. The van der Waals surface area contributed by atoms with Gasteiger partial charge < -0.3 is 10.6 Å². The predicted molar refractivity (Wildman–Crippen MR) is 63.8 cm³/mol. The fourth-order valence-corrected chi connectivity index (χ4v) is 1.59. The van der Waals surface area contributed by atoms with E-state index in [4.69, 9.17) is 11.1 Å². The Morgan fingerprint density at radius 3 is 2.71 bits per heavy atom. The molecule has 17 heavy (non-hydrogen) atoms. The molecule has 5 heteroatoms. The van der Waals surface area contributed by atoms with Crippen LogP contribution in [0, 0.1) is 23.0 Å². The minimum absolute atomic E-state index is 0.0940. The van der Waals surface area contributed by atoms with Gasteiger partial charge >= 0.3 is 0 Å². The van der Waals surface area contributed by atoms with Gasteiger partial charge in [-0.05, 0) is 13.1 Å². The Morgan fingerprint density at radius 2 is 2.12 bits per heavy atom. The first-order valence-electron chi connectivity index (χ1n) is 5.37. The third-order valence-electron chi connectivity index (χ3n) is 2.59. The molecule has 0 bridgehead atoms. The van der Waals surface area contributed by atoms with E-state index in [0.29, 0.717) is 18.7 Å². The molecule has 0 radical (unpaired) electrons. The zero-order valence-corrected chi connectivity index (χ0v) is 10.0. The van der Waals surface area contributed by atoms with Crippen molar-refractivity contribution in [3.63, 3.8) is 0 Å². The average molecular weight is 241 g/mol. The van der Waals surface area contributed by atoms with Crippen molar-refractivity contribution in [3.05, 3.63) is 35.4 Å². The van der Waals surface area contributed by atoms with Crippen LogP contribution in [0.1, 0.15) is 12.5 Å². The predicted octanol–water partition coefficient (Wildman–Crippen LogP) is 1.97. The summed E-state index contributed by atoms with van der Waals surface area (Å²) in [5.41, 5.74) is 5.66. The second-order valence-electron chi connectivity index (χ2n) is 4.27. The van der Waals surface area contributed by atoms with Crippen LogP contribution >= 0.6 is 0 Å². The van der Waals surface area contributed by atoms with Crippen molar-refractivity contribution in [2.24, 2.45) is 11.7 Å². The lowest BCUT2D eigenvalue weighted by molar-refractivity contribution is 0.299. The molecule has 0 aromatic heterocycles. The molecule has 0 amide bonds. The highest BCUT2D eigenvalue weighted by Gasteiger charge is 2.13. The molecule has 0 aliphatic heterocycles. The summed E-state index contributed by atoms with van der Waals surface area (Å²) in [5.74, 6) is -1.65. The van der Waals surface area contributed by atoms with E-state index >= 15 is 0 Å². The number of hydrogen-bond donors (Lipinski definition) is 2. The lowest BCUT2D eigenvalue weighted by Crippen LogP contribution is -2.32. The highest BCUT2D eigenvalue weighted by molar-refractivity contribution is 5.79. The lowest BCUT2D eigenvalue weighted by atomic mass is 10.1. The van der Waals surface area contributed by atoms with Gasteiger partial charge in [-0.3, -0.25) is 5.41 Å². The summed E-state index contributed by atoms with van der Waals surface area (Å²) in [6, 6.07) is 4.13. The van der Waals surface area contributed by atoms with Crippen LogP contribution in [-0.2, 0) is 6.54 Å². The molecule has 0 fully saturated rings. The Hall–Kier alpha value is -1.49. The van der Waals surface area contributed by atoms with E-state index in [2.05, 4.69) is 0 Å². The Morgan fingerprint density at radius 1 is 1.47 bits per heavy atom. The number of hydrogen-bond acceptors (Lipinski definition) is 2. The molecular formula is C12H17F2N3. The van der Waals surface area contributed by atoms with Crippen LogP contribution in [0.4, 0.5) is 8.78 Å². The first-order chi connectivity index (χ1) is 7.91. The summed E-state index contributed by atoms with van der Waals surface area (Å²) in [6.07, 6.45) is 0. The molecule has 1 rings (SSSR count). The summed E-state index contributed by atoms with van der Waals surface area (Å²) in [7, 11) is 1.78. The standard InChI is InChI=1S/C12H17F2N3/c1-8(12(15)16)6-17(2)7-9-4-3-5-10(13)11(9)14/h3-5,8H,6-7H2,1-2H3,(H3,15,16). The molecule has 0 aliphatic rings. The summed E-state index contributed by atoms with van der Waals surface area (Å²) in [5, 5.41) is 7.27. The topological polar surface area (TPSA) is 53.1 Å². The summed E-state index contributed by atoms with van der Waals surface area (Å²) in [6.45, 7) is 2.65. The van der Waals surface area contributed by atoms with E-state index in [9.17, 15) is 8.78 Å². The van der Waals surface area contributed by atoms with E-state index in [1.807, 2.05) is 11.8 Å². The zero-order chi connectivity index (χ0) is 13.0. The van der Waals surface area contributed by atoms with Crippen molar-refractivity contribution in [2.75, 3.05) is 13.6 Å². The smallest absolute Gasteiger partial charge is 0.163 e. The van der Waals surface area contributed by atoms with Gasteiger partial charge in [0, 0.05) is 24.6 Å². The van der Waals surface area contributed by atoms with Crippen LogP contribution in [0.25, 0.3) is 0 Å². The molecular weight excluding hydrogens is 224 g/mol. The molecule has 0 saturated carbocycles. The van der Waals surface area contributed by atoms with Crippen molar-refractivity contribution >= 4 is 5.84 Å². The van der Waals surface area contributed by atoms with Gasteiger partial charge in [0.05, 0.1) is 5.84 Å². The summed E-state index contributed by atoms with van der Waals surface area (Å²) in [4.78, 5) is 1.81. The fourth-order valence-electron chi connectivity index (χ4n) is 1.59. The Bertz CT molecular complexity index is 407. The van der Waals surface area contributed by atoms with E-state index in [-0.39, 0.29) is 11.8 Å². The monoisotopic (exact) mass is 241 g/mol. The highest BCUT2D eigenvalue weighted by atomic mass is 19.2. The number of rotatable bonds is 5. The van der Waals surface area contributed by atoms with Crippen LogP contribution in [0.2, 0.25) is 0 Å². The maximum atomic E-state index is 13.4. The second kappa shape index (κ2) is 5.72.